The highest BCUT2D eigenvalue weighted by Crippen LogP contribution is 2.47. The molecule has 2 aliphatic rings. The quantitative estimate of drug-likeness (QED) is 0.0728. The van der Waals surface area contributed by atoms with Gasteiger partial charge in [0.15, 0.2) is 0 Å². The highest BCUT2D eigenvalue weighted by molar-refractivity contribution is 6.17. The first-order valence-corrected chi connectivity index (χ1v) is 26.9. The zero-order valence-electron chi connectivity index (χ0n) is 45.7. The molecule has 0 spiro atoms. The second kappa shape index (κ2) is 28.6. The monoisotopic (exact) mass is 1080 g/mol. The van der Waals surface area contributed by atoms with E-state index in [9.17, 15) is 28.6 Å². The zero-order chi connectivity index (χ0) is 55.7. The Bertz CT molecular complexity index is 2620. The van der Waals surface area contributed by atoms with Gasteiger partial charge >= 0.3 is 11.9 Å². The maximum atomic E-state index is 14.2. The molecule has 0 amide bonds. The predicted octanol–water partition coefficient (Wildman–Crippen LogP) is 16.8. The lowest BCUT2D eigenvalue weighted by atomic mass is 9.81. The number of hydrogen-bond donors (Lipinski definition) is 2. The summed E-state index contributed by atoms with van der Waals surface area (Å²) in [5.74, 6) is 2.07. The van der Waals surface area contributed by atoms with Gasteiger partial charge in [-0.2, -0.15) is 0 Å². The van der Waals surface area contributed by atoms with Gasteiger partial charge in [-0.05, 0) is 141 Å². The molecule has 0 saturated heterocycles. The maximum Gasteiger partial charge on any atom is 0.306 e. The molecule has 0 unspecified atom stereocenters. The van der Waals surface area contributed by atoms with E-state index in [1.807, 2.05) is 72.8 Å². The van der Waals surface area contributed by atoms with Crippen molar-refractivity contribution in [3.63, 3.8) is 0 Å². The van der Waals surface area contributed by atoms with Gasteiger partial charge in [-0.15, -0.1) is 23.2 Å². The molecule has 8 nitrogen and oxygen atoms in total. The standard InChI is InChI=1S/2C19H22ClFO.2C13H16O3/c2*1-19(2,3)18(22-4)16-11-13(12-20)9-10-14(16)15-7-5-6-8-17(15)21;2*1-16-13(15)8-12(9-5-6-9)10-3-2-4-11(14)7-10/h2*5-11,18H,12H2,1-4H3;2*2-4,7,9,12,14H,5-6,8H2,1H3/t2*18-;2*12-/m1010/s1. The van der Waals surface area contributed by atoms with Crippen LogP contribution in [0.5, 0.6) is 11.5 Å². The number of aromatic hydroxyl groups is 2. The van der Waals surface area contributed by atoms with Crippen molar-refractivity contribution in [2.24, 2.45) is 22.7 Å². The van der Waals surface area contributed by atoms with Crippen molar-refractivity contribution in [2.45, 2.75) is 116 Å². The van der Waals surface area contributed by atoms with Gasteiger partial charge in [-0.1, -0.05) is 139 Å². The number of carbonyl (C=O) groups is 2. The predicted molar refractivity (Wildman–Crippen MR) is 302 cm³/mol. The molecule has 408 valence electrons. The summed E-state index contributed by atoms with van der Waals surface area (Å²) < 4.78 is 49.4. The van der Waals surface area contributed by atoms with E-state index < -0.39 is 0 Å². The van der Waals surface area contributed by atoms with E-state index in [4.69, 9.17) is 42.1 Å². The maximum absolute atomic E-state index is 14.2. The van der Waals surface area contributed by atoms with E-state index in [1.54, 1.807) is 62.8 Å². The highest BCUT2D eigenvalue weighted by atomic mass is 35.5. The molecule has 0 aromatic heterocycles. The summed E-state index contributed by atoms with van der Waals surface area (Å²) in [6.45, 7) is 12.7. The number of esters is 2. The number of halogens is 4. The average Bonchev–Trinajstić information content (AvgIpc) is 4.35. The zero-order valence-corrected chi connectivity index (χ0v) is 47.2. The molecule has 0 heterocycles. The van der Waals surface area contributed by atoms with E-state index in [0.717, 1.165) is 70.2 Å². The SMILES string of the molecule is COC(=O)C[C@@H](c1cccc(O)c1)C1CC1.COC(=O)C[C@H](c1cccc(O)c1)C1CC1.CO[C@@H](c1cc(CCl)ccc1-c1ccccc1F)C(C)(C)C.CO[C@H](c1cc(CCl)ccc1-c1ccccc1F)C(C)(C)C. The molecule has 2 N–H and O–H groups in total. The van der Waals surface area contributed by atoms with E-state index in [2.05, 4.69) is 41.5 Å². The average molecular weight is 1080 g/mol. The number of methoxy groups -OCH3 is 4. The lowest BCUT2D eigenvalue weighted by Crippen LogP contribution is -2.21. The Kier molecular flexibility index (Phi) is 22.9. The fraction of sp³-hybridized carbons (Fsp3) is 0.406. The molecule has 76 heavy (non-hydrogen) atoms. The molecule has 12 heteroatoms. The van der Waals surface area contributed by atoms with Crippen molar-refractivity contribution >= 4 is 35.1 Å². The van der Waals surface area contributed by atoms with Crippen molar-refractivity contribution in [3.8, 4) is 33.8 Å². The Morgan fingerprint density at radius 3 is 1.14 bits per heavy atom. The molecule has 6 aromatic carbocycles. The number of rotatable bonds is 16. The molecule has 2 aliphatic carbocycles. The summed E-state index contributed by atoms with van der Waals surface area (Å²) in [5, 5.41) is 18.9. The summed E-state index contributed by atoms with van der Waals surface area (Å²) in [5.41, 5.74) is 8.68. The number of alkyl halides is 2. The third kappa shape index (κ3) is 17.6. The van der Waals surface area contributed by atoms with Crippen molar-refractivity contribution in [3.05, 3.63) is 178 Å². The van der Waals surface area contributed by atoms with Gasteiger partial charge in [-0.25, -0.2) is 8.78 Å². The summed E-state index contributed by atoms with van der Waals surface area (Å²) in [7, 11) is 6.20. The molecular weight excluding hydrogens is 1010 g/mol. The topological polar surface area (TPSA) is 112 Å². The first kappa shape index (κ1) is 61.1. The van der Waals surface area contributed by atoms with Crippen LogP contribution in [-0.2, 0) is 40.3 Å². The minimum atomic E-state index is -0.230. The second-order valence-electron chi connectivity index (χ2n) is 21.7. The van der Waals surface area contributed by atoms with Gasteiger partial charge < -0.3 is 29.2 Å². The summed E-state index contributed by atoms with van der Waals surface area (Å²) in [6.07, 6.45) is 5.17. The van der Waals surface area contributed by atoms with Crippen molar-refractivity contribution in [1.29, 1.82) is 0 Å². The van der Waals surface area contributed by atoms with E-state index in [1.165, 1.54) is 26.4 Å². The molecule has 4 atom stereocenters. The minimum absolute atomic E-state index is 0.111. The Morgan fingerprint density at radius 1 is 0.513 bits per heavy atom. The van der Waals surface area contributed by atoms with Crippen LogP contribution in [0, 0.1) is 34.3 Å². The van der Waals surface area contributed by atoms with Crippen LogP contribution in [-0.4, -0.2) is 50.6 Å². The van der Waals surface area contributed by atoms with Crippen molar-refractivity contribution < 1.29 is 47.5 Å². The van der Waals surface area contributed by atoms with Crippen LogP contribution in [0.4, 0.5) is 8.78 Å². The minimum Gasteiger partial charge on any atom is -0.508 e. The molecule has 2 fully saturated rings. The van der Waals surface area contributed by atoms with Crippen LogP contribution in [0.25, 0.3) is 22.3 Å². The number of hydrogen-bond acceptors (Lipinski definition) is 8. The number of phenols is 2. The van der Waals surface area contributed by atoms with Crippen molar-refractivity contribution in [2.75, 3.05) is 28.4 Å². The van der Waals surface area contributed by atoms with E-state index in [-0.39, 0.29) is 69.9 Å². The van der Waals surface area contributed by atoms with Gasteiger partial charge in [0.1, 0.15) is 23.1 Å². The molecule has 0 bridgehead atoms. The van der Waals surface area contributed by atoms with Crippen LogP contribution in [0.15, 0.2) is 133 Å². The fourth-order valence-corrected chi connectivity index (χ4v) is 10.0. The first-order chi connectivity index (χ1) is 36.2. The molecule has 0 radical (unpaired) electrons. The summed E-state index contributed by atoms with van der Waals surface area (Å²) in [6, 6.07) is 39.8. The Balaban J connectivity index is 0.000000189. The largest absolute Gasteiger partial charge is 0.508 e. The van der Waals surface area contributed by atoms with Gasteiger partial charge in [0.25, 0.3) is 0 Å². The van der Waals surface area contributed by atoms with E-state index in [0.29, 0.717) is 47.6 Å². The number of ether oxygens (including phenoxy) is 4. The fourth-order valence-electron chi connectivity index (χ4n) is 9.72. The Labute approximate surface area is 459 Å². The van der Waals surface area contributed by atoms with Crippen LogP contribution >= 0.6 is 23.2 Å². The Hall–Kier alpha value is -5.78. The smallest absolute Gasteiger partial charge is 0.306 e. The number of benzene rings is 6. The van der Waals surface area contributed by atoms with Crippen LogP contribution in [0.2, 0.25) is 0 Å². The van der Waals surface area contributed by atoms with Crippen LogP contribution in [0.3, 0.4) is 0 Å². The molecule has 8 rings (SSSR count). The van der Waals surface area contributed by atoms with Gasteiger partial charge in [0.2, 0.25) is 0 Å². The van der Waals surface area contributed by atoms with E-state index >= 15 is 0 Å². The molecule has 0 aliphatic heterocycles. The van der Waals surface area contributed by atoms with Crippen molar-refractivity contribution in [1.82, 2.24) is 0 Å². The number of phenolic OH excluding ortho intramolecular Hbond substituents is 2. The highest BCUT2D eigenvalue weighted by Gasteiger charge is 2.36. The summed E-state index contributed by atoms with van der Waals surface area (Å²) >= 11 is 12.0. The Morgan fingerprint density at radius 2 is 0.868 bits per heavy atom. The molecular formula is C64H76Cl2F2O8. The first-order valence-electron chi connectivity index (χ1n) is 25.8. The normalized spacial score (nSPS) is 14.7. The van der Waals surface area contributed by atoms with Crippen LogP contribution in [0.1, 0.15) is 137 Å². The number of carbonyl (C=O) groups excluding carboxylic acids is 2. The lowest BCUT2D eigenvalue weighted by molar-refractivity contribution is -0.142. The van der Waals surface area contributed by atoms with Crippen LogP contribution < -0.4 is 0 Å². The third-order valence-electron chi connectivity index (χ3n) is 13.7. The third-order valence-corrected chi connectivity index (χ3v) is 14.3. The molecule has 2 saturated carbocycles. The molecule has 6 aromatic rings. The second-order valence-corrected chi connectivity index (χ2v) is 22.2. The summed E-state index contributed by atoms with van der Waals surface area (Å²) in [4.78, 5) is 22.7. The van der Waals surface area contributed by atoms with Gasteiger partial charge in [0.05, 0.1) is 39.3 Å². The van der Waals surface area contributed by atoms with Gasteiger partial charge in [0, 0.05) is 37.1 Å². The van der Waals surface area contributed by atoms with Gasteiger partial charge in [-0.3, -0.25) is 9.59 Å². The lowest BCUT2D eigenvalue weighted by Gasteiger charge is -2.31.